The smallest absolute Gasteiger partial charge is 0.407 e. The van der Waals surface area contributed by atoms with Crippen LogP contribution in [0, 0.1) is 5.82 Å². The van der Waals surface area contributed by atoms with Gasteiger partial charge in [0.2, 0.25) is 0 Å². The molecular formula is C25H30FN5O3. The lowest BCUT2D eigenvalue weighted by atomic mass is 10.1. The molecule has 0 bridgehead atoms. The second-order valence-corrected chi connectivity index (χ2v) is 9.58. The van der Waals surface area contributed by atoms with Crippen LogP contribution < -0.4 is 10.2 Å². The Bertz CT molecular complexity index is 1190. The number of anilines is 1. The van der Waals surface area contributed by atoms with E-state index in [-0.39, 0.29) is 24.6 Å². The van der Waals surface area contributed by atoms with Gasteiger partial charge in [-0.25, -0.2) is 19.2 Å². The summed E-state index contributed by atoms with van der Waals surface area (Å²) in [5.74, 6) is -0.0658. The molecule has 0 spiro atoms. The van der Waals surface area contributed by atoms with E-state index in [9.17, 15) is 9.18 Å². The second-order valence-electron chi connectivity index (χ2n) is 9.58. The molecule has 2 atom stereocenters. The molecule has 34 heavy (non-hydrogen) atoms. The van der Waals surface area contributed by atoms with Gasteiger partial charge in [-0.1, -0.05) is 0 Å². The number of halogens is 1. The van der Waals surface area contributed by atoms with Crippen LogP contribution in [0.2, 0.25) is 0 Å². The zero-order valence-corrected chi connectivity index (χ0v) is 20.1. The van der Waals surface area contributed by atoms with Crippen molar-refractivity contribution in [3.63, 3.8) is 0 Å². The first-order chi connectivity index (χ1) is 16.1. The van der Waals surface area contributed by atoms with E-state index in [1.165, 1.54) is 6.07 Å². The Morgan fingerprint density at radius 2 is 1.82 bits per heavy atom. The average molecular weight is 468 g/mol. The molecule has 0 saturated carbocycles. The van der Waals surface area contributed by atoms with Crippen molar-refractivity contribution in [3.8, 4) is 11.4 Å². The lowest BCUT2D eigenvalue weighted by Crippen LogP contribution is -2.46. The van der Waals surface area contributed by atoms with Gasteiger partial charge in [0.25, 0.3) is 0 Å². The molecule has 9 heteroatoms. The predicted octanol–water partition coefficient (Wildman–Crippen LogP) is 4.47. The number of hydrogen-bond donors (Lipinski definition) is 1. The molecule has 3 aromatic heterocycles. The van der Waals surface area contributed by atoms with Gasteiger partial charge in [0.05, 0.1) is 41.4 Å². The Kier molecular flexibility index (Phi) is 6.65. The molecule has 4 heterocycles. The van der Waals surface area contributed by atoms with Crippen molar-refractivity contribution in [2.24, 2.45) is 0 Å². The summed E-state index contributed by atoms with van der Waals surface area (Å²) in [4.78, 5) is 27.6. The van der Waals surface area contributed by atoms with Crippen LogP contribution in [0.1, 0.15) is 40.3 Å². The SMILES string of the molecule is CC1CN(c2nc(-c3ccc4cnc(CNC(=O)OC(C)(C)C)cc4n3)ccc2F)CC(C)O1. The van der Waals surface area contributed by atoms with Crippen molar-refractivity contribution in [1.82, 2.24) is 20.3 Å². The van der Waals surface area contributed by atoms with Gasteiger partial charge in [0, 0.05) is 24.7 Å². The van der Waals surface area contributed by atoms with Crippen LogP contribution in [0.4, 0.5) is 15.0 Å². The molecule has 1 saturated heterocycles. The number of morpholine rings is 1. The molecule has 1 N–H and O–H groups in total. The van der Waals surface area contributed by atoms with Crippen molar-refractivity contribution < 1.29 is 18.7 Å². The highest BCUT2D eigenvalue weighted by Crippen LogP contribution is 2.26. The topological polar surface area (TPSA) is 89.5 Å². The van der Waals surface area contributed by atoms with Gasteiger partial charge >= 0.3 is 6.09 Å². The van der Waals surface area contributed by atoms with Crippen LogP contribution in [-0.2, 0) is 16.0 Å². The quantitative estimate of drug-likeness (QED) is 0.606. The fraction of sp³-hybridized carbons (Fsp3) is 0.440. The third-order valence-corrected chi connectivity index (χ3v) is 5.25. The second kappa shape index (κ2) is 9.50. The Morgan fingerprint density at radius 1 is 1.15 bits per heavy atom. The van der Waals surface area contributed by atoms with Crippen molar-refractivity contribution in [1.29, 1.82) is 0 Å². The number of alkyl carbamates (subject to hydrolysis) is 1. The van der Waals surface area contributed by atoms with Gasteiger partial charge in [-0.15, -0.1) is 0 Å². The molecule has 0 aromatic carbocycles. The van der Waals surface area contributed by atoms with E-state index >= 15 is 0 Å². The van der Waals surface area contributed by atoms with Crippen molar-refractivity contribution in [2.75, 3.05) is 18.0 Å². The first kappa shape index (κ1) is 23.8. The van der Waals surface area contributed by atoms with Gasteiger partial charge in [-0.2, -0.15) is 0 Å². The minimum Gasteiger partial charge on any atom is -0.444 e. The summed E-state index contributed by atoms with van der Waals surface area (Å²) in [6.07, 6.45) is 1.18. The summed E-state index contributed by atoms with van der Waals surface area (Å²) < 4.78 is 25.7. The van der Waals surface area contributed by atoms with Gasteiger partial charge in [0.1, 0.15) is 5.60 Å². The third kappa shape index (κ3) is 5.77. The predicted molar refractivity (Wildman–Crippen MR) is 128 cm³/mol. The van der Waals surface area contributed by atoms with Gasteiger partial charge in [0.15, 0.2) is 11.6 Å². The number of pyridine rings is 3. The lowest BCUT2D eigenvalue weighted by Gasteiger charge is -2.36. The molecule has 2 unspecified atom stereocenters. The van der Waals surface area contributed by atoms with Crippen molar-refractivity contribution in [3.05, 3.63) is 48.0 Å². The summed E-state index contributed by atoms with van der Waals surface area (Å²) >= 11 is 0. The summed E-state index contributed by atoms with van der Waals surface area (Å²) in [7, 11) is 0. The maximum Gasteiger partial charge on any atom is 0.407 e. The molecule has 8 nitrogen and oxygen atoms in total. The van der Waals surface area contributed by atoms with Crippen LogP contribution in [0.25, 0.3) is 22.3 Å². The summed E-state index contributed by atoms with van der Waals surface area (Å²) in [5, 5.41) is 3.55. The first-order valence-electron chi connectivity index (χ1n) is 11.4. The Balaban J connectivity index is 1.57. The van der Waals surface area contributed by atoms with Crippen molar-refractivity contribution in [2.45, 2.75) is 59.0 Å². The van der Waals surface area contributed by atoms with Crippen LogP contribution in [0.3, 0.4) is 0 Å². The minimum absolute atomic E-state index is 0.00684. The maximum atomic E-state index is 14.7. The number of hydrogen-bond acceptors (Lipinski definition) is 7. The molecular weight excluding hydrogens is 437 g/mol. The van der Waals surface area contributed by atoms with Crippen LogP contribution in [0.15, 0.2) is 36.5 Å². The van der Waals surface area contributed by atoms with Crippen LogP contribution in [-0.4, -0.2) is 51.9 Å². The molecule has 1 aliphatic rings. The number of amides is 1. The van der Waals surface area contributed by atoms with Crippen LogP contribution in [0.5, 0.6) is 0 Å². The monoisotopic (exact) mass is 467 g/mol. The Hall–Kier alpha value is -3.33. The molecule has 1 aliphatic heterocycles. The van der Waals surface area contributed by atoms with Crippen molar-refractivity contribution >= 4 is 22.8 Å². The maximum absolute atomic E-state index is 14.7. The lowest BCUT2D eigenvalue weighted by molar-refractivity contribution is -0.00565. The number of fused-ring (bicyclic) bond motifs is 1. The molecule has 1 amide bonds. The van der Waals surface area contributed by atoms with Gasteiger partial charge in [-0.3, -0.25) is 4.98 Å². The fourth-order valence-electron chi connectivity index (χ4n) is 3.92. The van der Waals surface area contributed by atoms with E-state index in [2.05, 4.69) is 15.3 Å². The number of aromatic nitrogens is 3. The fourth-order valence-corrected chi connectivity index (χ4v) is 3.92. The number of nitrogens with zero attached hydrogens (tertiary/aromatic N) is 4. The number of carbonyl (C=O) groups is 1. The van der Waals surface area contributed by atoms with E-state index < -0.39 is 11.7 Å². The zero-order valence-electron chi connectivity index (χ0n) is 20.1. The largest absolute Gasteiger partial charge is 0.444 e. The van der Waals surface area contributed by atoms with Crippen LogP contribution >= 0.6 is 0 Å². The Morgan fingerprint density at radius 3 is 2.53 bits per heavy atom. The standard InChI is InChI=1S/C25H30FN5O3/c1-15-13-31(14-16(2)33-15)23-19(26)7-9-21(30-23)20-8-6-17-11-27-18(10-22(17)29-20)12-28-24(32)34-25(3,4)5/h6-11,15-16H,12-14H2,1-5H3,(H,28,32). The molecule has 180 valence electrons. The van der Waals surface area contributed by atoms with Gasteiger partial charge < -0.3 is 19.7 Å². The third-order valence-electron chi connectivity index (χ3n) is 5.25. The average Bonchev–Trinajstić information content (AvgIpc) is 2.75. The summed E-state index contributed by atoms with van der Waals surface area (Å²) in [6, 6.07) is 8.62. The molecule has 1 fully saturated rings. The highest BCUT2D eigenvalue weighted by Gasteiger charge is 2.25. The Labute approximate surface area is 198 Å². The molecule has 0 aliphatic carbocycles. The highest BCUT2D eigenvalue weighted by molar-refractivity contribution is 5.81. The number of nitrogens with one attached hydrogen (secondary N) is 1. The summed E-state index contributed by atoms with van der Waals surface area (Å²) in [5.41, 5.74) is 1.98. The zero-order chi connectivity index (χ0) is 24.5. The molecule has 3 aromatic rings. The highest BCUT2D eigenvalue weighted by atomic mass is 19.1. The van der Waals surface area contributed by atoms with E-state index in [1.54, 1.807) is 33.0 Å². The van der Waals surface area contributed by atoms with E-state index in [1.807, 2.05) is 36.9 Å². The van der Waals surface area contributed by atoms with E-state index in [4.69, 9.17) is 14.5 Å². The normalized spacial score (nSPS) is 18.7. The van der Waals surface area contributed by atoms with E-state index in [0.29, 0.717) is 41.5 Å². The van der Waals surface area contributed by atoms with Gasteiger partial charge in [-0.05, 0) is 65.0 Å². The number of carbonyl (C=O) groups excluding carboxylic acids is 1. The van der Waals surface area contributed by atoms with E-state index in [0.717, 1.165) is 5.39 Å². The number of ether oxygens (including phenoxy) is 2. The summed E-state index contributed by atoms with van der Waals surface area (Å²) in [6.45, 7) is 10.7. The minimum atomic E-state index is -0.574. The number of rotatable bonds is 4. The molecule has 4 rings (SSSR count). The first-order valence-corrected chi connectivity index (χ1v) is 11.4. The molecule has 0 radical (unpaired) electrons.